The van der Waals surface area contributed by atoms with Gasteiger partial charge in [0.2, 0.25) is 5.91 Å². The number of nitrogens with one attached hydrogen (secondary N) is 1. The topological polar surface area (TPSA) is 61.8 Å². The van der Waals surface area contributed by atoms with E-state index in [0.29, 0.717) is 13.1 Å². The van der Waals surface area contributed by atoms with Crippen molar-refractivity contribution in [3.63, 3.8) is 0 Å². The van der Waals surface area contributed by atoms with Crippen LogP contribution in [0.15, 0.2) is 24.3 Å². The summed E-state index contributed by atoms with van der Waals surface area (Å²) in [4.78, 5) is 14.0. The van der Waals surface area contributed by atoms with E-state index in [1.807, 2.05) is 43.1 Å². The number of likely N-dealkylation sites (N-methyl/N-ethyl adjacent to an activating group) is 1. The second kappa shape index (κ2) is 7.43. The molecular weight excluding hydrogens is 268 g/mol. The Morgan fingerprint density at radius 2 is 2.05 bits per heavy atom. The molecule has 1 amide bonds. The van der Waals surface area contributed by atoms with Crippen molar-refractivity contribution in [3.05, 3.63) is 29.8 Å². The third-order valence-corrected chi connectivity index (χ3v) is 3.32. The van der Waals surface area contributed by atoms with Crippen molar-refractivity contribution in [2.45, 2.75) is 39.0 Å². The molecule has 5 heteroatoms. The summed E-state index contributed by atoms with van der Waals surface area (Å²) in [6.07, 6.45) is 0. The van der Waals surface area contributed by atoms with E-state index in [0.717, 1.165) is 11.3 Å². The minimum atomic E-state index is -0.827. The van der Waals surface area contributed by atoms with Gasteiger partial charge in [-0.3, -0.25) is 9.69 Å². The van der Waals surface area contributed by atoms with Crippen molar-refractivity contribution in [1.29, 1.82) is 0 Å². The molecular formula is C16H26N2O3. The summed E-state index contributed by atoms with van der Waals surface area (Å²) in [5.74, 6) is 0.683. The van der Waals surface area contributed by atoms with Crippen LogP contribution in [0, 0.1) is 0 Å². The molecule has 0 aliphatic heterocycles. The monoisotopic (exact) mass is 294 g/mol. The van der Waals surface area contributed by atoms with Crippen LogP contribution in [0.3, 0.4) is 0 Å². The Hall–Kier alpha value is -1.59. The molecule has 1 aromatic rings. The van der Waals surface area contributed by atoms with Crippen LogP contribution in [0.5, 0.6) is 5.75 Å². The van der Waals surface area contributed by atoms with Gasteiger partial charge in [0, 0.05) is 18.7 Å². The molecule has 0 saturated carbocycles. The highest BCUT2D eigenvalue weighted by atomic mass is 16.5. The molecule has 0 saturated heterocycles. The Morgan fingerprint density at radius 1 is 1.43 bits per heavy atom. The Bertz CT molecular complexity index is 469. The van der Waals surface area contributed by atoms with Gasteiger partial charge in [-0.1, -0.05) is 18.2 Å². The highest BCUT2D eigenvalue weighted by molar-refractivity contribution is 5.81. The summed E-state index contributed by atoms with van der Waals surface area (Å²) in [5, 5.41) is 12.7. The molecule has 0 spiro atoms. The average Bonchev–Trinajstić information content (AvgIpc) is 2.42. The third kappa shape index (κ3) is 5.73. The number of aliphatic hydroxyl groups is 1. The fourth-order valence-electron chi connectivity index (χ4n) is 2.13. The molecule has 2 N–H and O–H groups in total. The van der Waals surface area contributed by atoms with E-state index < -0.39 is 5.60 Å². The van der Waals surface area contributed by atoms with Crippen LogP contribution >= 0.6 is 0 Å². The second-order valence-corrected chi connectivity index (χ2v) is 5.93. The smallest absolute Gasteiger partial charge is 0.237 e. The summed E-state index contributed by atoms with van der Waals surface area (Å²) in [5.41, 5.74) is 0.108. The average molecular weight is 294 g/mol. The van der Waals surface area contributed by atoms with Gasteiger partial charge in [-0.05, 0) is 33.9 Å². The molecule has 1 unspecified atom stereocenters. The lowest BCUT2D eigenvalue weighted by molar-refractivity contribution is -0.126. The molecule has 118 valence electrons. The number of nitrogens with zero attached hydrogens (tertiary/aromatic N) is 1. The maximum Gasteiger partial charge on any atom is 0.237 e. The number of carbonyl (C=O) groups excluding carboxylic acids is 1. The number of hydrogen-bond acceptors (Lipinski definition) is 4. The fraction of sp³-hybridized carbons (Fsp3) is 0.562. The molecule has 0 heterocycles. The van der Waals surface area contributed by atoms with Crippen LogP contribution in [-0.2, 0) is 11.3 Å². The quantitative estimate of drug-likeness (QED) is 0.798. The first-order chi connectivity index (χ1) is 9.74. The van der Waals surface area contributed by atoms with Crippen molar-refractivity contribution in [2.75, 3.05) is 20.7 Å². The third-order valence-electron chi connectivity index (χ3n) is 3.32. The van der Waals surface area contributed by atoms with Crippen LogP contribution in [0.4, 0.5) is 0 Å². The summed E-state index contributed by atoms with van der Waals surface area (Å²) < 4.78 is 5.26. The van der Waals surface area contributed by atoms with Crippen LogP contribution in [0.1, 0.15) is 26.3 Å². The number of benzene rings is 1. The minimum absolute atomic E-state index is 0.0762. The van der Waals surface area contributed by atoms with Gasteiger partial charge in [-0.15, -0.1) is 0 Å². The molecule has 1 aromatic carbocycles. The number of para-hydroxylation sites is 1. The molecule has 21 heavy (non-hydrogen) atoms. The zero-order chi connectivity index (χ0) is 16.0. The number of amides is 1. The molecule has 0 fully saturated rings. The summed E-state index contributed by atoms with van der Waals surface area (Å²) in [6.45, 7) is 6.12. The molecule has 1 rings (SSSR count). The van der Waals surface area contributed by atoms with Crippen molar-refractivity contribution >= 4 is 5.91 Å². The largest absolute Gasteiger partial charge is 0.496 e. The van der Waals surface area contributed by atoms with Crippen LogP contribution in [-0.4, -0.2) is 48.3 Å². The standard InChI is InChI=1S/C16H26N2O3/c1-12(18(4)11-16(2,3)20)15(19)17-10-13-8-6-7-9-14(13)21-5/h6-9,12,20H,10-11H2,1-5H3,(H,17,19). The normalized spacial score (nSPS) is 13.1. The summed E-state index contributed by atoms with van der Waals surface area (Å²) in [7, 11) is 3.44. The van der Waals surface area contributed by atoms with Crippen molar-refractivity contribution < 1.29 is 14.6 Å². The zero-order valence-corrected chi connectivity index (χ0v) is 13.5. The van der Waals surface area contributed by atoms with Gasteiger partial charge in [-0.2, -0.15) is 0 Å². The SMILES string of the molecule is COc1ccccc1CNC(=O)C(C)N(C)CC(C)(C)O. The number of rotatable bonds is 7. The van der Waals surface area contributed by atoms with E-state index in [-0.39, 0.29) is 11.9 Å². The van der Waals surface area contributed by atoms with E-state index in [1.165, 1.54) is 0 Å². The highest BCUT2D eigenvalue weighted by Gasteiger charge is 2.23. The molecule has 0 aromatic heterocycles. The molecule has 5 nitrogen and oxygen atoms in total. The van der Waals surface area contributed by atoms with Crippen molar-refractivity contribution in [1.82, 2.24) is 10.2 Å². The molecule has 0 aliphatic rings. The predicted octanol–water partition coefficient (Wildman–Crippen LogP) is 1.40. The zero-order valence-electron chi connectivity index (χ0n) is 13.5. The van der Waals surface area contributed by atoms with Crippen LogP contribution in [0.2, 0.25) is 0 Å². The maximum absolute atomic E-state index is 12.2. The number of methoxy groups -OCH3 is 1. The van der Waals surface area contributed by atoms with Crippen molar-refractivity contribution in [2.24, 2.45) is 0 Å². The van der Waals surface area contributed by atoms with E-state index in [2.05, 4.69) is 5.32 Å². The number of carbonyl (C=O) groups is 1. The van der Waals surface area contributed by atoms with Gasteiger partial charge in [0.25, 0.3) is 0 Å². The molecule has 0 aliphatic carbocycles. The lowest BCUT2D eigenvalue weighted by Gasteiger charge is -2.29. The second-order valence-electron chi connectivity index (χ2n) is 5.93. The first-order valence-corrected chi connectivity index (χ1v) is 7.07. The Morgan fingerprint density at radius 3 is 2.62 bits per heavy atom. The lowest BCUT2D eigenvalue weighted by atomic mass is 10.1. The first kappa shape index (κ1) is 17.5. The maximum atomic E-state index is 12.2. The fourth-order valence-corrected chi connectivity index (χ4v) is 2.13. The molecule has 1 atom stereocenters. The van der Waals surface area contributed by atoms with Gasteiger partial charge < -0.3 is 15.2 Å². The Balaban J connectivity index is 2.57. The molecule has 0 radical (unpaired) electrons. The van der Waals surface area contributed by atoms with E-state index in [4.69, 9.17) is 4.74 Å². The van der Waals surface area contributed by atoms with E-state index >= 15 is 0 Å². The first-order valence-electron chi connectivity index (χ1n) is 7.07. The summed E-state index contributed by atoms with van der Waals surface area (Å²) in [6, 6.07) is 7.28. The van der Waals surface area contributed by atoms with Crippen LogP contribution in [0.25, 0.3) is 0 Å². The highest BCUT2D eigenvalue weighted by Crippen LogP contribution is 2.16. The van der Waals surface area contributed by atoms with Gasteiger partial charge in [-0.25, -0.2) is 0 Å². The van der Waals surface area contributed by atoms with E-state index in [9.17, 15) is 9.90 Å². The number of hydrogen-bond donors (Lipinski definition) is 2. The summed E-state index contributed by atoms with van der Waals surface area (Å²) >= 11 is 0. The van der Waals surface area contributed by atoms with Gasteiger partial charge in [0.15, 0.2) is 0 Å². The Labute approximate surface area is 126 Å². The van der Waals surface area contributed by atoms with Gasteiger partial charge >= 0.3 is 0 Å². The lowest BCUT2D eigenvalue weighted by Crippen LogP contribution is -2.47. The van der Waals surface area contributed by atoms with Crippen LogP contribution < -0.4 is 10.1 Å². The Kier molecular flexibility index (Phi) is 6.18. The minimum Gasteiger partial charge on any atom is -0.496 e. The van der Waals surface area contributed by atoms with Gasteiger partial charge in [0.05, 0.1) is 18.8 Å². The predicted molar refractivity (Wildman–Crippen MR) is 83.2 cm³/mol. The number of ether oxygens (including phenoxy) is 1. The van der Waals surface area contributed by atoms with Gasteiger partial charge in [0.1, 0.15) is 5.75 Å². The van der Waals surface area contributed by atoms with Crippen molar-refractivity contribution in [3.8, 4) is 5.75 Å². The van der Waals surface area contributed by atoms with E-state index in [1.54, 1.807) is 21.0 Å². The molecule has 0 bridgehead atoms.